The van der Waals surface area contributed by atoms with Gasteiger partial charge in [0.25, 0.3) is 0 Å². The highest BCUT2D eigenvalue weighted by atomic mass is 15.3. The van der Waals surface area contributed by atoms with Gasteiger partial charge in [-0.3, -0.25) is 4.68 Å². The van der Waals surface area contributed by atoms with Crippen LogP contribution in [0.4, 0.5) is 0 Å². The van der Waals surface area contributed by atoms with Gasteiger partial charge in [0.2, 0.25) is 0 Å². The fourth-order valence-corrected chi connectivity index (χ4v) is 3.30. The molecule has 1 atom stereocenters. The zero-order chi connectivity index (χ0) is 13.0. The van der Waals surface area contributed by atoms with E-state index in [2.05, 4.69) is 36.3 Å². The van der Waals surface area contributed by atoms with Crippen LogP contribution in [0.2, 0.25) is 0 Å². The van der Waals surface area contributed by atoms with Gasteiger partial charge in [-0.2, -0.15) is 5.10 Å². The monoisotopic (exact) mass is 250 g/mol. The zero-order valence-corrected chi connectivity index (χ0v) is 11.9. The third kappa shape index (κ3) is 2.74. The van der Waals surface area contributed by atoms with Crippen LogP contribution in [0.3, 0.4) is 0 Å². The van der Waals surface area contributed by atoms with E-state index in [1.807, 2.05) is 4.68 Å². The van der Waals surface area contributed by atoms with E-state index in [0.29, 0.717) is 11.5 Å². The Bertz CT molecular complexity index is 366. The van der Waals surface area contributed by atoms with Crippen LogP contribution >= 0.6 is 0 Å². The van der Waals surface area contributed by atoms with Crippen molar-refractivity contribution in [2.75, 3.05) is 7.05 Å². The SMILES string of the molecule is CCn1ncnc1CC(NC)C1(C)CCCCC1. The Hall–Kier alpha value is -0.900. The van der Waals surface area contributed by atoms with Crippen LogP contribution in [0.15, 0.2) is 6.33 Å². The highest BCUT2D eigenvalue weighted by Crippen LogP contribution is 2.39. The molecule has 1 N–H and O–H groups in total. The van der Waals surface area contributed by atoms with Crippen molar-refractivity contribution in [3.8, 4) is 0 Å². The van der Waals surface area contributed by atoms with Crippen molar-refractivity contribution in [3.63, 3.8) is 0 Å². The topological polar surface area (TPSA) is 42.7 Å². The van der Waals surface area contributed by atoms with E-state index >= 15 is 0 Å². The summed E-state index contributed by atoms with van der Waals surface area (Å²) in [5.74, 6) is 1.11. The lowest BCUT2D eigenvalue weighted by Crippen LogP contribution is -2.45. The molecule has 1 heterocycles. The van der Waals surface area contributed by atoms with Crippen molar-refractivity contribution in [3.05, 3.63) is 12.2 Å². The lowest BCUT2D eigenvalue weighted by Gasteiger charge is -2.40. The van der Waals surface area contributed by atoms with E-state index in [-0.39, 0.29) is 0 Å². The maximum Gasteiger partial charge on any atom is 0.138 e. The Balaban J connectivity index is 2.09. The van der Waals surface area contributed by atoms with Gasteiger partial charge in [-0.15, -0.1) is 0 Å². The van der Waals surface area contributed by atoms with Gasteiger partial charge >= 0.3 is 0 Å². The summed E-state index contributed by atoms with van der Waals surface area (Å²) in [5.41, 5.74) is 0.414. The van der Waals surface area contributed by atoms with E-state index in [0.717, 1.165) is 18.8 Å². The van der Waals surface area contributed by atoms with Crippen LogP contribution in [-0.2, 0) is 13.0 Å². The van der Waals surface area contributed by atoms with E-state index in [4.69, 9.17) is 0 Å². The molecule has 1 unspecified atom stereocenters. The zero-order valence-electron chi connectivity index (χ0n) is 11.9. The third-order valence-electron chi connectivity index (χ3n) is 4.57. The minimum absolute atomic E-state index is 0.414. The molecule has 18 heavy (non-hydrogen) atoms. The fraction of sp³-hybridized carbons (Fsp3) is 0.857. The number of hydrogen-bond acceptors (Lipinski definition) is 3. The Labute approximate surface area is 110 Å². The number of likely N-dealkylation sites (N-methyl/N-ethyl adjacent to an activating group) is 1. The second-order valence-corrected chi connectivity index (χ2v) is 5.75. The molecule has 1 saturated carbocycles. The molecule has 102 valence electrons. The van der Waals surface area contributed by atoms with E-state index < -0.39 is 0 Å². The van der Waals surface area contributed by atoms with E-state index in [1.165, 1.54) is 32.1 Å². The quantitative estimate of drug-likeness (QED) is 0.872. The first-order chi connectivity index (χ1) is 8.69. The summed E-state index contributed by atoms with van der Waals surface area (Å²) < 4.78 is 2.01. The van der Waals surface area contributed by atoms with Crippen LogP contribution in [0.25, 0.3) is 0 Å². The smallest absolute Gasteiger partial charge is 0.138 e. The number of aryl methyl sites for hydroxylation is 1. The van der Waals surface area contributed by atoms with Crippen molar-refractivity contribution in [1.82, 2.24) is 20.1 Å². The number of aromatic nitrogens is 3. The lowest BCUT2D eigenvalue weighted by molar-refractivity contribution is 0.147. The fourth-order valence-electron chi connectivity index (χ4n) is 3.30. The van der Waals surface area contributed by atoms with E-state index in [9.17, 15) is 0 Å². The summed E-state index contributed by atoms with van der Waals surface area (Å²) in [4.78, 5) is 4.41. The Morgan fingerprint density at radius 3 is 2.72 bits per heavy atom. The molecular weight excluding hydrogens is 224 g/mol. The second-order valence-electron chi connectivity index (χ2n) is 5.75. The molecule has 0 aliphatic heterocycles. The lowest BCUT2D eigenvalue weighted by atomic mass is 9.69. The average molecular weight is 250 g/mol. The van der Waals surface area contributed by atoms with Crippen molar-refractivity contribution in [2.24, 2.45) is 5.41 Å². The molecule has 0 aromatic carbocycles. The molecular formula is C14H26N4. The minimum atomic E-state index is 0.414. The number of rotatable bonds is 5. The molecule has 1 fully saturated rings. The molecule has 0 saturated heterocycles. The molecule has 2 rings (SSSR count). The van der Waals surface area contributed by atoms with Crippen molar-refractivity contribution >= 4 is 0 Å². The molecule has 4 nitrogen and oxygen atoms in total. The summed E-state index contributed by atoms with van der Waals surface area (Å²) in [6.45, 7) is 5.46. The Morgan fingerprint density at radius 1 is 1.39 bits per heavy atom. The standard InChI is InChI=1S/C14H26N4/c1-4-18-13(16-11-17-18)10-12(15-3)14(2)8-6-5-7-9-14/h11-12,15H,4-10H2,1-3H3. The Morgan fingerprint density at radius 2 is 2.11 bits per heavy atom. The average Bonchev–Trinajstić information content (AvgIpc) is 2.83. The molecule has 0 bridgehead atoms. The highest BCUT2D eigenvalue weighted by molar-refractivity contribution is 4.97. The normalized spacial score (nSPS) is 20.8. The number of nitrogens with zero attached hydrogens (tertiary/aromatic N) is 3. The van der Waals surface area contributed by atoms with E-state index in [1.54, 1.807) is 6.33 Å². The molecule has 1 aromatic rings. The van der Waals surface area contributed by atoms with Gasteiger partial charge in [-0.05, 0) is 32.2 Å². The molecule has 0 spiro atoms. The van der Waals surface area contributed by atoms with Crippen LogP contribution in [-0.4, -0.2) is 27.9 Å². The van der Waals surface area contributed by atoms with Crippen molar-refractivity contribution in [1.29, 1.82) is 0 Å². The van der Waals surface area contributed by atoms with Gasteiger partial charge in [-0.1, -0.05) is 26.2 Å². The van der Waals surface area contributed by atoms with Crippen molar-refractivity contribution < 1.29 is 0 Å². The van der Waals surface area contributed by atoms with Gasteiger partial charge in [0.1, 0.15) is 12.2 Å². The summed E-state index contributed by atoms with van der Waals surface area (Å²) >= 11 is 0. The highest BCUT2D eigenvalue weighted by Gasteiger charge is 2.35. The van der Waals surface area contributed by atoms with Crippen LogP contribution in [0.1, 0.15) is 51.8 Å². The summed E-state index contributed by atoms with van der Waals surface area (Å²) in [5, 5.41) is 7.79. The third-order valence-corrected chi connectivity index (χ3v) is 4.57. The van der Waals surface area contributed by atoms with Crippen LogP contribution < -0.4 is 5.32 Å². The predicted octanol–water partition coefficient (Wildman–Crippen LogP) is 2.40. The van der Waals surface area contributed by atoms with Gasteiger partial charge in [0.15, 0.2) is 0 Å². The summed E-state index contributed by atoms with van der Waals surface area (Å²) in [6.07, 6.45) is 9.47. The number of hydrogen-bond donors (Lipinski definition) is 1. The summed E-state index contributed by atoms with van der Waals surface area (Å²) in [7, 11) is 2.08. The minimum Gasteiger partial charge on any atom is -0.316 e. The summed E-state index contributed by atoms with van der Waals surface area (Å²) in [6, 6.07) is 0.507. The molecule has 1 aromatic heterocycles. The van der Waals surface area contributed by atoms with Gasteiger partial charge in [-0.25, -0.2) is 4.98 Å². The van der Waals surface area contributed by atoms with Gasteiger partial charge < -0.3 is 5.32 Å². The number of nitrogens with one attached hydrogen (secondary N) is 1. The molecule has 0 radical (unpaired) electrons. The molecule has 1 aliphatic carbocycles. The van der Waals surface area contributed by atoms with Gasteiger partial charge in [0.05, 0.1) is 0 Å². The Kier molecular flexibility index (Phi) is 4.38. The first kappa shape index (κ1) is 13.5. The predicted molar refractivity (Wildman–Crippen MR) is 73.4 cm³/mol. The second kappa shape index (κ2) is 5.83. The van der Waals surface area contributed by atoms with Crippen LogP contribution in [0, 0.1) is 5.41 Å². The van der Waals surface area contributed by atoms with Crippen molar-refractivity contribution in [2.45, 2.75) is 65.0 Å². The molecule has 0 amide bonds. The van der Waals surface area contributed by atoms with Crippen LogP contribution in [0.5, 0.6) is 0 Å². The molecule has 1 aliphatic rings. The maximum atomic E-state index is 4.41. The first-order valence-corrected chi connectivity index (χ1v) is 7.23. The molecule has 4 heteroatoms. The van der Waals surface area contributed by atoms with Gasteiger partial charge in [0, 0.05) is 19.0 Å². The first-order valence-electron chi connectivity index (χ1n) is 7.23. The largest absolute Gasteiger partial charge is 0.316 e. The maximum absolute atomic E-state index is 4.41.